The van der Waals surface area contributed by atoms with Crippen LogP contribution in [0.3, 0.4) is 0 Å². The van der Waals surface area contributed by atoms with Crippen molar-refractivity contribution in [2.75, 3.05) is 18.3 Å². The van der Waals surface area contributed by atoms with Crippen LogP contribution in [0.1, 0.15) is 43.6 Å². The number of rotatable bonds is 8. The second kappa shape index (κ2) is 9.58. The molecule has 35 heavy (non-hydrogen) atoms. The number of carbonyl (C=O) groups is 2. The number of benzene rings is 2. The summed E-state index contributed by atoms with van der Waals surface area (Å²) in [5.74, 6) is 0.170. The van der Waals surface area contributed by atoms with Crippen LogP contribution in [0.2, 0.25) is 0 Å². The van der Waals surface area contributed by atoms with Gasteiger partial charge in [0.2, 0.25) is 6.79 Å². The normalized spacial score (nSPS) is 18.3. The highest BCUT2D eigenvalue weighted by molar-refractivity contribution is 6.51. The number of anilines is 1. The largest absolute Gasteiger partial charge is 0.507 e. The Balaban J connectivity index is 1.51. The second-order valence-electron chi connectivity index (χ2n) is 8.30. The number of amides is 1. The van der Waals surface area contributed by atoms with Crippen LogP contribution in [0.25, 0.3) is 5.76 Å². The maximum Gasteiger partial charge on any atom is 0.300 e. The minimum Gasteiger partial charge on any atom is -0.507 e. The third-order valence-corrected chi connectivity index (χ3v) is 6.04. The lowest BCUT2D eigenvalue weighted by Gasteiger charge is -2.23. The maximum absolute atomic E-state index is 13.2. The van der Waals surface area contributed by atoms with Gasteiger partial charge in [-0.05, 0) is 55.0 Å². The first-order valence-electron chi connectivity index (χ1n) is 11.6. The number of aliphatic hydroxyl groups is 1. The lowest BCUT2D eigenvalue weighted by Crippen LogP contribution is -2.29. The third-order valence-electron chi connectivity index (χ3n) is 6.04. The first kappa shape index (κ1) is 22.6. The lowest BCUT2D eigenvalue weighted by atomic mass is 9.99. The average molecular weight is 475 g/mol. The second-order valence-corrected chi connectivity index (χ2v) is 8.30. The smallest absolute Gasteiger partial charge is 0.300 e. The number of nitrogens with zero attached hydrogens (tertiary/aromatic N) is 1. The standard InChI is InChI=1S/C27H25NO7/c1-2-3-4-13-32-19-10-7-17(8-11-19)25(29)23-24(21-6-5-14-33-21)28(27(31)26(23)30)18-9-12-20-22(15-18)35-16-34-20/h5-12,14-15,24,29H,2-4,13,16H2,1H3/b25-23-. The van der Waals surface area contributed by atoms with Gasteiger partial charge in [0.1, 0.15) is 23.3 Å². The van der Waals surface area contributed by atoms with E-state index in [0.29, 0.717) is 40.9 Å². The van der Waals surface area contributed by atoms with Crippen LogP contribution in [-0.2, 0) is 9.59 Å². The molecule has 8 heteroatoms. The van der Waals surface area contributed by atoms with Crippen LogP contribution < -0.4 is 19.1 Å². The van der Waals surface area contributed by atoms with Crippen molar-refractivity contribution in [1.29, 1.82) is 0 Å². The molecule has 0 aliphatic carbocycles. The van der Waals surface area contributed by atoms with E-state index in [0.717, 1.165) is 19.3 Å². The molecular weight excluding hydrogens is 450 g/mol. The van der Waals surface area contributed by atoms with Gasteiger partial charge in [0, 0.05) is 17.3 Å². The van der Waals surface area contributed by atoms with Crippen LogP contribution in [0.15, 0.2) is 70.9 Å². The molecule has 1 atom stereocenters. The van der Waals surface area contributed by atoms with Crippen LogP contribution in [0.4, 0.5) is 5.69 Å². The minimum atomic E-state index is -0.949. The van der Waals surface area contributed by atoms with Gasteiger partial charge in [0.05, 0.1) is 18.4 Å². The van der Waals surface area contributed by atoms with E-state index in [1.54, 1.807) is 54.6 Å². The monoisotopic (exact) mass is 475 g/mol. The summed E-state index contributed by atoms with van der Waals surface area (Å²) < 4.78 is 22.1. The van der Waals surface area contributed by atoms with E-state index in [2.05, 4.69) is 6.92 Å². The van der Waals surface area contributed by atoms with Gasteiger partial charge < -0.3 is 23.7 Å². The van der Waals surface area contributed by atoms with Gasteiger partial charge in [0.15, 0.2) is 11.5 Å². The van der Waals surface area contributed by atoms with Crippen molar-refractivity contribution in [3.8, 4) is 17.2 Å². The Bertz CT molecular complexity index is 1260. The molecule has 3 aromatic rings. The molecule has 1 saturated heterocycles. The van der Waals surface area contributed by atoms with E-state index in [1.165, 1.54) is 11.2 Å². The molecule has 1 unspecified atom stereocenters. The Labute approximate surface area is 202 Å². The predicted octanol–water partition coefficient (Wildman–Crippen LogP) is 5.20. The number of furan rings is 1. The van der Waals surface area contributed by atoms with E-state index in [9.17, 15) is 14.7 Å². The summed E-state index contributed by atoms with van der Waals surface area (Å²) in [6.45, 7) is 2.82. The van der Waals surface area contributed by atoms with E-state index in [-0.39, 0.29) is 18.1 Å². The van der Waals surface area contributed by atoms with Gasteiger partial charge in [-0.3, -0.25) is 14.5 Å². The van der Waals surface area contributed by atoms with Gasteiger partial charge in [-0.1, -0.05) is 19.8 Å². The van der Waals surface area contributed by atoms with Crippen molar-refractivity contribution < 1.29 is 33.3 Å². The lowest BCUT2D eigenvalue weighted by molar-refractivity contribution is -0.132. The molecule has 2 aliphatic rings. The highest BCUT2D eigenvalue weighted by Gasteiger charge is 2.48. The molecule has 5 rings (SSSR count). The molecule has 0 bridgehead atoms. The molecule has 1 fully saturated rings. The zero-order chi connectivity index (χ0) is 24.4. The van der Waals surface area contributed by atoms with Crippen molar-refractivity contribution >= 4 is 23.1 Å². The summed E-state index contributed by atoms with van der Waals surface area (Å²) in [5, 5.41) is 11.2. The molecule has 0 radical (unpaired) electrons. The summed E-state index contributed by atoms with van der Waals surface area (Å²) in [5.41, 5.74) is 0.762. The maximum atomic E-state index is 13.2. The van der Waals surface area contributed by atoms with E-state index in [4.69, 9.17) is 18.6 Å². The molecule has 1 amide bonds. The van der Waals surface area contributed by atoms with Gasteiger partial charge in [-0.15, -0.1) is 0 Å². The Kier molecular flexibility index (Phi) is 6.18. The van der Waals surface area contributed by atoms with Crippen molar-refractivity contribution in [1.82, 2.24) is 0 Å². The predicted molar refractivity (Wildman–Crippen MR) is 128 cm³/mol. The summed E-state index contributed by atoms with van der Waals surface area (Å²) in [4.78, 5) is 27.7. The zero-order valence-corrected chi connectivity index (χ0v) is 19.2. The van der Waals surface area contributed by atoms with Crippen LogP contribution >= 0.6 is 0 Å². The van der Waals surface area contributed by atoms with Crippen LogP contribution in [-0.4, -0.2) is 30.2 Å². The third kappa shape index (κ3) is 4.23. The SMILES string of the molecule is CCCCCOc1ccc(/C(O)=C2/C(=O)C(=O)N(c3ccc4c(c3)OCO4)C2c2ccco2)cc1. The molecule has 180 valence electrons. The minimum absolute atomic E-state index is 0.0563. The van der Waals surface area contributed by atoms with Crippen molar-refractivity contribution in [3.63, 3.8) is 0 Å². The van der Waals surface area contributed by atoms with E-state index < -0.39 is 17.7 Å². The molecular formula is C27H25NO7. The molecule has 0 saturated carbocycles. The van der Waals surface area contributed by atoms with Gasteiger partial charge in [-0.2, -0.15) is 0 Å². The number of carbonyl (C=O) groups excluding carboxylic acids is 2. The average Bonchev–Trinajstić information content (AvgIpc) is 3.62. The number of hydrogen-bond acceptors (Lipinski definition) is 7. The molecule has 2 aliphatic heterocycles. The highest BCUT2D eigenvalue weighted by atomic mass is 16.7. The van der Waals surface area contributed by atoms with Crippen LogP contribution in [0, 0.1) is 0 Å². The molecule has 3 heterocycles. The summed E-state index contributed by atoms with van der Waals surface area (Å²) in [7, 11) is 0. The summed E-state index contributed by atoms with van der Waals surface area (Å²) in [6.07, 6.45) is 4.62. The summed E-state index contributed by atoms with van der Waals surface area (Å²) in [6, 6.07) is 14.2. The quantitative estimate of drug-likeness (QED) is 0.207. The van der Waals surface area contributed by atoms with Crippen molar-refractivity contribution in [2.24, 2.45) is 0 Å². The van der Waals surface area contributed by atoms with E-state index >= 15 is 0 Å². The fourth-order valence-electron chi connectivity index (χ4n) is 4.26. The van der Waals surface area contributed by atoms with Crippen molar-refractivity contribution in [2.45, 2.75) is 32.2 Å². The zero-order valence-electron chi connectivity index (χ0n) is 19.2. The number of ether oxygens (including phenoxy) is 3. The molecule has 8 nitrogen and oxygen atoms in total. The van der Waals surface area contributed by atoms with Crippen LogP contribution in [0.5, 0.6) is 17.2 Å². The van der Waals surface area contributed by atoms with Gasteiger partial charge in [0.25, 0.3) is 11.7 Å². The fraction of sp³-hybridized carbons (Fsp3) is 0.259. The molecule has 1 N–H and O–H groups in total. The number of fused-ring (bicyclic) bond motifs is 1. The number of hydrogen-bond donors (Lipinski definition) is 1. The van der Waals surface area contributed by atoms with Gasteiger partial charge >= 0.3 is 0 Å². The number of ketones is 1. The van der Waals surface area contributed by atoms with Crippen molar-refractivity contribution in [3.05, 3.63) is 77.8 Å². The molecule has 0 spiro atoms. The fourth-order valence-corrected chi connectivity index (χ4v) is 4.26. The Morgan fingerprint density at radius 1 is 1.06 bits per heavy atom. The topological polar surface area (TPSA) is 98.4 Å². The summed E-state index contributed by atoms with van der Waals surface area (Å²) >= 11 is 0. The molecule has 1 aromatic heterocycles. The number of aliphatic hydroxyl groups excluding tert-OH is 1. The Morgan fingerprint density at radius 3 is 2.60 bits per heavy atom. The first-order chi connectivity index (χ1) is 17.1. The number of unbranched alkanes of at least 4 members (excludes halogenated alkanes) is 2. The van der Waals surface area contributed by atoms with E-state index in [1.807, 2.05) is 0 Å². The Hall–Kier alpha value is -4.20. The van der Waals surface area contributed by atoms with Gasteiger partial charge in [-0.25, -0.2) is 0 Å². The number of Topliss-reactive ketones (excluding diaryl/α,β-unsaturated/α-hetero) is 1. The highest BCUT2D eigenvalue weighted by Crippen LogP contribution is 2.45. The molecule has 2 aromatic carbocycles. The Morgan fingerprint density at radius 2 is 1.86 bits per heavy atom. The first-order valence-corrected chi connectivity index (χ1v) is 11.6.